The number of rotatable bonds is 3. The molecule has 0 bridgehead atoms. The normalized spacial score (nSPS) is 11.3. The van der Waals surface area contributed by atoms with Crippen molar-refractivity contribution in [2.45, 2.75) is 11.8 Å². The molecule has 0 atom stereocenters. The first-order valence-corrected chi connectivity index (χ1v) is 7.44. The minimum Gasteiger partial charge on any atom is -0.397 e. The van der Waals surface area contributed by atoms with E-state index in [-0.39, 0.29) is 16.3 Å². The molecular weight excluding hydrogens is 300 g/mol. The molecule has 0 aliphatic rings. The maximum absolute atomic E-state index is 12.1. The highest BCUT2D eigenvalue weighted by Crippen LogP contribution is 2.26. The van der Waals surface area contributed by atoms with Crippen LogP contribution in [0.25, 0.3) is 0 Å². The number of anilines is 2. The van der Waals surface area contributed by atoms with E-state index < -0.39 is 10.1 Å². The number of benzene rings is 2. The quantitative estimate of drug-likeness (QED) is 0.671. The van der Waals surface area contributed by atoms with E-state index in [1.54, 1.807) is 6.92 Å². The van der Waals surface area contributed by atoms with Gasteiger partial charge in [0.25, 0.3) is 0 Å². The first-order chi connectivity index (χ1) is 9.29. The Labute approximate surface area is 122 Å². The summed E-state index contributed by atoms with van der Waals surface area (Å²) in [6.45, 7) is 1.71. The van der Waals surface area contributed by atoms with Crippen LogP contribution in [0.3, 0.4) is 0 Å². The Kier molecular flexibility index (Phi) is 3.78. The molecule has 0 aliphatic carbocycles. The lowest BCUT2D eigenvalue weighted by molar-refractivity contribution is 0.486. The zero-order valence-corrected chi connectivity index (χ0v) is 12.2. The zero-order chi connectivity index (χ0) is 14.9. The Morgan fingerprint density at radius 2 is 1.75 bits per heavy atom. The Balaban J connectivity index is 2.35. The molecule has 20 heavy (non-hydrogen) atoms. The van der Waals surface area contributed by atoms with Gasteiger partial charge in [0.05, 0.1) is 11.4 Å². The van der Waals surface area contributed by atoms with Crippen molar-refractivity contribution in [2.24, 2.45) is 0 Å². The first-order valence-electron chi connectivity index (χ1n) is 5.65. The van der Waals surface area contributed by atoms with E-state index in [2.05, 4.69) is 0 Å². The molecule has 0 heterocycles. The van der Waals surface area contributed by atoms with Gasteiger partial charge in [-0.15, -0.1) is 0 Å². The number of aryl methyl sites for hydroxylation is 1. The monoisotopic (exact) mass is 312 g/mol. The number of nitrogens with two attached hydrogens (primary N) is 2. The van der Waals surface area contributed by atoms with E-state index in [1.807, 2.05) is 0 Å². The molecule has 2 rings (SSSR count). The second kappa shape index (κ2) is 5.22. The average Bonchev–Trinajstić information content (AvgIpc) is 2.37. The SMILES string of the molecule is Cc1cc(S(=O)(=O)Oc2ccc(N)c(N)c2)ccc1Cl. The number of hydrogen-bond donors (Lipinski definition) is 2. The van der Waals surface area contributed by atoms with Gasteiger partial charge in [0.2, 0.25) is 0 Å². The Hall–Kier alpha value is -1.92. The van der Waals surface area contributed by atoms with Crippen molar-refractivity contribution < 1.29 is 12.6 Å². The van der Waals surface area contributed by atoms with Crippen LogP contribution >= 0.6 is 11.6 Å². The van der Waals surface area contributed by atoms with E-state index in [9.17, 15) is 8.42 Å². The summed E-state index contributed by atoms with van der Waals surface area (Å²) in [5.74, 6) is 0.101. The molecule has 7 heteroatoms. The van der Waals surface area contributed by atoms with Crippen molar-refractivity contribution in [3.8, 4) is 5.75 Å². The molecule has 106 valence electrons. The van der Waals surface area contributed by atoms with Crippen LogP contribution in [0.15, 0.2) is 41.3 Å². The van der Waals surface area contributed by atoms with Crippen LogP contribution in [-0.4, -0.2) is 8.42 Å². The third-order valence-corrected chi connectivity index (χ3v) is 4.35. The summed E-state index contributed by atoms with van der Waals surface area (Å²) in [5, 5.41) is 0.487. The summed E-state index contributed by atoms with van der Waals surface area (Å²) in [7, 11) is -3.94. The fourth-order valence-electron chi connectivity index (χ4n) is 1.55. The van der Waals surface area contributed by atoms with Crippen molar-refractivity contribution in [1.82, 2.24) is 0 Å². The summed E-state index contributed by atoms with van der Waals surface area (Å²) in [6.07, 6.45) is 0. The molecule has 0 saturated carbocycles. The van der Waals surface area contributed by atoms with Gasteiger partial charge in [0.1, 0.15) is 10.6 Å². The number of hydrogen-bond acceptors (Lipinski definition) is 5. The Morgan fingerprint density at radius 1 is 1.05 bits per heavy atom. The zero-order valence-electron chi connectivity index (χ0n) is 10.6. The van der Waals surface area contributed by atoms with Gasteiger partial charge < -0.3 is 15.7 Å². The predicted octanol–water partition coefficient (Wildman–Crippen LogP) is 2.58. The lowest BCUT2D eigenvalue weighted by atomic mass is 10.2. The van der Waals surface area contributed by atoms with Crippen LogP contribution in [0.4, 0.5) is 11.4 Å². The lowest BCUT2D eigenvalue weighted by Crippen LogP contribution is -2.10. The predicted molar refractivity (Wildman–Crippen MR) is 79.3 cm³/mol. The van der Waals surface area contributed by atoms with Gasteiger partial charge in [-0.1, -0.05) is 11.6 Å². The van der Waals surface area contributed by atoms with Crippen LogP contribution < -0.4 is 15.7 Å². The van der Waals surface area contributed by atoms with Crippen molar-refractivity contribution in [1.29, 1.82) is 0 Å². The summed E-state index contributed by atoms with van der Waals surface area (Å²) < 4.78 is 29.3. The summed E-state index contributed by atoms with van der Waals surface area (Å²) >= 11 is 5.86. The molecule has 0 radical (unpaired) electrons. The molecule has 0 saturated heterocycles. The maximum atomic E-state index is 12.1. The van der Waals surface area contributed by atoms with Crippen LogP contribution in [0.5, 0.6) is 5.75 Å². The van der Waals surface area contributed by atoms with Crippen molar-refractivity contribution in [3.05, 3.63) is 47.0 Å². The van der Waals surface area contributed by atoms with Gasteiger partial charge in [0.15, 0.2) is 0 Å². The lowest BCUT2D eigenvalue weighted by Gasteiger charge is -2.09. The highest BCUT2D eigenvalue weighted by Gasteiger charge is 2.17. The first kappa shape index (κ1) is 14.5. The molecule has 2 aromatic rings. The van der Waals surface area contributed by atoms with Crippen LogP contribution in [0.2, 0.25) is 5.02 Å². The van der Waals surface area contributed by atoms with Gasteiger partial charge in [-0.2, -0.15) is 8.42 Å². The third kappa shape index (κ3) is 2.97. The highest BCUT2D eigenvalue weighted by atomic mass is 35.5. The molecule has 0 unspecified atom stereocenters. The number of halogens is 1. The van der Waals surface area contributed by atoms with E-state index in [1.165, 1.54) is 36.4 Å². The largest absolute Gasteiger partial charge is 0.397 e. The van der Waals surface area contributed by atoms with E-state index in [0.717, 1.165) is 0 Å². The second-order valence-electron chi connectivity index (χ2n) is 4.24. The van der Waals surface area contributed by atoms with Gasteiger partial charge >= 0.3 is 10.1 Å². The molecule has 0 spiro atoms. The molecule has 2 aromatic carbocycles. The van der Waals surface area contributed by atoms with Gasteiger partial charge in [-0.05, 0) is 42.8 Å². The maximum Gasteiger partial charge on any atom is 0.339 e. The molecule has 5 nitrogen and oxygen atoms in total. The van der Waals surface area contributed by atoms with Gasteiger partial charge in [-0.25, -0.2) is 0 Å². The van der Waals surface area contributed by atoms with Gasteiger partial charge in [0, 0.05) is 11.1 Å². The Morgan fingerprint density at radius 3 is 2.35 bits per heavy atom. The molecule has 0 aliphatic heterocycles. The fraction of sp³-hybridized carbons (Fsp3) is 0.0769. The smallest absolute Gasteiger partial charge is 0.339 e. The second-order valence-corrected chi connectivity index (χ2v) is 6.19. The Bertz CT molecular complexity index is 760. The summed E-state index contributed by atoms with van der Waals surface area (Å²) in [5.41, 5.74) is 12.4. The molecule has 4 N–H and O–H groups in total. The summed E-state index contributed by atoms with van der Waals surface area (Å²) in [4.78, 5) is 0.0230. The minimum absolute atomic E-state index is 0.0230. The van der Waals surface area contributed by atoms with Crippen molar-refractivity contribution in [3.63, 3.8) is 0 Å². The highest BCUT2D eigenvalue weighted by molar-refractivity contribution is 7.87. The van der Waals surface area contributed by atoms with E-state index in [4.69, 9.17) is 27.3 Å². The molecule has 0 amide bonds. The number of nitrogen functional groups attached to an aromatic ring is 2. The standard InChI is InChI=1S/C13H13ClN2O3S/c1-8-6-10(3-4-11(8)14)20(17,18)19-9-2-5-12(15)13(16)7-9/h2-7H,15-16H2,1H3. The van der Waals surface area contributed by atoms with E-state index >= 15 is 0 Å². The summed E-state index contributed by atoms with van der Waals surface area (Å²) in [6, 6.07) is 8.60. The van der Waals surface area contributed by atoms with Crippen LogP contribution in [-0.2, 0) is 10.1 Å². The fourth-order valence-corrected chi connectivity index (χ4v) is 2.68. The van der Waals surface area contributed by atoms with Crippen molar-refractivity contribution >= 4 is 33.1 Å². The van der Waals surface area contributed by atoms with E-state index in [0.29, 0.717) is 16.3 Å². The minimum atomic E-state index is -3.94. The van der Waals surface area contributed by atoms with Gasteiger partial charge in [-0.3, -0.25) is 0 Å². The van der Waals surface area contributed by atoms with Crippen molar-refractivity contribution in [2.75, 3.05) is 11.5 Å². The van der Waals surface area contributed by atoms with Crippen LogP contribution in [0.1, 0.15) is 5.56 Å². The molecular formula is C13H13ClN2O3S. The third-order valence-electron chi connectivity index (χ3n) is 2.68. The topological polar surface area (TPSA) is 95.4 Å². The van der Waals surface area contributed by atoms with Crippen LogP contribution in [0, 0.1) is 6.92 Å². The molecule has 0 aromatic heterocycles. The average molecular weight is 313 g/mol. The molecule has 0 fully saturated rings.